The number of halogens is 1. The fourth-order valence-electron chi connectivity index (χ4n) is 1.83. The van der Waals surface area contributed by atoms with Crippen molar-refractivity contribution in [2.75, 3.05) is 26.0 Å². The van der Waals surface area contributed by atoms with Crippen molar-refractivity contribution in [3.05, 3.63) is 28.8 Å². The van der Waals surface area contributed by atoms with Crippen LogP contribution in [0.4, 0.5) is 5.69 Å². The minimum atomic E-state index is -0.00861. The predicted octanol–water partition coefficient (Wildman–Crippen LogP) is 4.03. The number of hydrogen-bond acceptors (Lipinski definition) is 2. The SMILES string of the molecule is CCCCCCNc1cc(C(=O)N(C)C)ccc1Cl. The summed E-state index contributed by atoms with van der Waals surface area (Å²) >= 11 is 6.13. The molecule has 1 aromatic carbocycles. The second kappa shape index (κ2) is 8.05. The average molecular weight is 283 g/mol. The minimum absolute atomic E-state index is 0.00861. The van der Waals surface area contributed by atoms with Crippen LogP contribution in [0.3, 0.4) is 0 Å². The molecule has 0 fully saturated rings. The lowest BCUT2D eigenvalue weighted by atomic mass is 10.1. The molecule has 0 aromatic heterocycles. The fourth-order valence-corrected chi connectivity index (χ4v) is 2.01. The molecule has 1 amide bonds. The molecule has 0 unspecified atom stereocenters. The number of rotatable bonds is 7. The van der Waals surface area contributed by atoms with Crippen LogP contribution in [0.25, 0.3) is 0 Å². The molecular formula is C15H23ClN2O. The zero-order valence-corrected chi connectivity index (χ0v) is 12.8. The second-order valence-corrected chi connectivity index (χ2v) is 5.29. The Labute approximate surface area is 120 Å². The molecule has 0 aliphatic heterocycles. The third-order valence-electron chi connectivity index (χ3n) is 2.97. The van der Waals surface area contributed by atoms with E-state index in [0.717, 1.165) is 18.7 Å². The van der Waals surface area contributed by atoms with Crippen molar-refractivity contribution in [1.82, 2.24) is 4.90 Å². The van der Waals surface area contributed by atoms with Crippen molar-refractivity contribution in [2.24, 2.45) is 0 Å². The number of benzene rings is 1. The number of carbonyl (C=O) groups excluding carboxylic acids is 1. The first kappa shape index (κ1) is 15.8. The first-order chi connectivity index (χ1) is 9.06. The van der Waals surface area contributed by atoms with E-state index in [4.69, 9.17) is 11.6 Å². The molecule has 1 N–H and O–H groups in total. The molecular weight excluding hydrogens is 260 g/mol. The summed E-state index contributed by atoms with van der Waals surface area (Å²) in [6.07, 6.45) is 4.83. The van der Waals surface area contributed by atoms with Gasteiger partial charge < -0.3 is 10.2 Å². The van der Waals surface area contributed by atoms with Gasteiger partial charge in [-0.2, -0.15) is 0 Å². The summed E-state index contributed by atoms with van der Waals surface area (Å²) in [5, 5.41) is 3.96. The Kier molecular flexibility index (Phi) is 6.71. The molecule has 0 heterocycles. The number of unbranched alkanes of at least 4 members (excludes halogenated alkanes) is 3. The Morgan fingerprint density at radius 2 is 2.00 bits per heavy atom. The van der Waals surface area contributed by atoms with E-state index in [1.165, 1.54) is 19.3 Å². The summed E-state index contributed by atoms with van der Waals surface area (Å²) in [6.45, 7) is 3.08. The molecule has 0 aliphatic carbocycles. The number of hydrogen-bond donors (Lipinski definition) is 1. The fraction of sp³-hybridized carbons (Fsp3) is 0.533. The van der Waals surface area contributed by atoms with Gasteiger partial charge in [-0.15, -0.1) is 0 Å². The summed E-state index contributed by atoms with van der Waals surface area (Å²) < 4.78 is 0. The summed E-state index contributed by atoms with van der Waals surface area (Å²) in [5.74, 6) is -0.00861. The van der Waals surface area contributed by atoms with Crippen LogP contribution in [0.5, 0.6) is 0 Å². The quantitative estimate of drug-likeness (QED) is 0.766. The maximum absolute atomic E-state index is 11.9. The van der Waals surface area contributed by atoms with E-state index < -0.39 is 0 Å². The van der Waals surface area contributed by atoms with Crippen LogP contribution < -0.4 is 5.32 Å². The summed E-state index contributed by atoms with van der Waals surface area (Å²) in [5.41, 5.74) is 1.50. The van der Waals surface area contributed by atoms with E-state index in [0.29, 0.717) is 10.6 Å². The summed E-state index contributed by atoms with van der Waals surface area (Å²) in [7, 11) is 3.49. The van der Waals surface area contributed by atoms with Crippen LogP contribution in [0, 0.1) is 0 Å². The molecule has 1 rings (SSSR count). The van der Waals surface area contributed by atoms with Gasteiger partial charge in [0.25, 0.3) is 5.91 Å². The minimum Gasteiger partial charge on any atom is -0.384 e. The molecule has 19 heavy (non-hydrogen) atoms. The van der Waals surface area contributed by atoms with Crippen molar-refractivity contribution >= 4 is 23.2 Å². The van der Waals surface area contributed by atoms with Crippen LogP contribution >= 0.6 is 11.6 Å². The molecule has 0 bridgehead atoms. The van der Waals surface area contributed by atoms with Gasteiger partial charge in [-0.25, -0.2) is 0 Å². The predicted molar refractivity (Wildman–Crippen MR) is 82.1 cm³/mol. The van der Waals surface area contributed by atoms with Crippen LogP contribution in [0.2, 0.25) is 5.02 Å². The largest absolute Gasteiger partial charge is 0.384 e. The Bertz CT molecular complexity index is 419. The Morgan fingerprint density at radius 3 is 2.63 bits per heavy atom. The topological polar surface area (TPSA) is 32.3 Å². The number of nitrogens with one attached hydrogen (secondary N) is 1. The van der Waals surface area contributed by atoms with Crippen molar-refractivity contribution < 1.29 is 4.79 Å². The zero-order valence-electron chi connectivity index (χ0n) is 12.0. The smallest absolute Gasteiger partial charge is 0.253 e. The standard InChI is InChI=1S/C15H23ClN2O/c1-4-5-6-7-10-17-14-11-12(8-9-13(14)16)15(19)18(2)3/h8-9,11,17H,4-7,10H2,1-3H3. The third-order valence-corrected chi connectivity index (χ3v) is 3.29. The summed E-state index contributed by atoms with van der Waals surface area (Å²) in [6, 6.07) is 5.35. The van der Waals surface area contributed by atoms with Crippen molar-refractivity contribution in [2.45, 2.75) is 32.6 Å². The van der Waals surface area contributed by atoms with E-state index in [1.54, 1.807) is 31.1 Å². The number of nitrogens with zero attached hydrogens (tertiary/aromatic N) is 1. The van der Waals surface area contributed by atoms with Gasteiger partial charge in [0.2, 0.25) is 0 Å². The summed E-state index contributed by atoms with van der Waals surface area (Å²) in [4.78, 5) is 13.4. The van der Waals surface area contributed by atoms with E-state index in [-0.39, 0.29) is 5.91 Å². The molecule has 1 aromatic rings. The average Bonchev–Trinajstić information content (AvgIpc) is 2.39. The van der Waals surface area contributed by atoms with Crippen molar-refractivity contribution in [3.8, 4) is 0 Å². The molecule has 0 saturated heterocycles. The highest BCUT2D eigenvalue weighted by Gasteiger charge is 2.10. The van der Waals surface area contributed by atoms with Crippen LogP contribution in [-0.2, 0) is 0 Å². The zero-order chi connectivity index (χ0) is 14.3. The Balaban J connectivity index is 2.62. The van der Waals surface area contributed by atoms with Crippen LogP contribution in [-0.4, -0.2) is 31.4 Å². The Hall–Kier alpha value is -1.22. The highest BCUT2D eigenvalue weighted by molar-refractivity contribution is 6.33. The first-order valence-corrected chi connectivity index (χ1v) is 7.19. The van der Waals surface area contributed by atoms with Gasteiger partial charge in [-0.1, -0.05) is 37.8 Å². The first-order valence-electron chi connectivity index (χ1n) is 6.81. The van der Waals surface area contributed by atoms with Gasteiger partial charge in [0.15, 0.2) is 0 Å². The molecule has 0 radical (unpaired) electrons. The molecule has 4 heteroatoms. The Morgan fingerprint density at radius 1 is 1.26 bits per heavy atom. The van der Waals surface area contributed by atoms with Gasteiger partial charge in [-0.3, -0.25) is 4.79 Å². The van der Waals surface area contributed by atoms with Crippen molar-refractivity contribution in [3.63, 3.8) is 0 Å². The van der Waals surface area contributed by atoms with E-state index in [2.05, 4.69) is 12.2 Å². The third kappa shape index (κ3) is 5.11. The number of anilines is 1. The van der Waals surface area contributed by atoms with E-state index >= 15 is 0 Å². The highest BCUT2D eigenvalue weighted by atomic mass is 35.5. The lowest BCUT2D eigenvalue weighted by Crippen LogP contribution is -2.21. The molecule has 0 spiro atoms. The highest BCUT2D eigenvalue weighted by Crippen LogP contribution is 2.23. The van der Waals surface area contributed by atoms with E-state index in [9.17, 15) is 4.79 Å². The molecule has 106 valence electrons. The molecule has 0 saturated carbocycles. The van der Waals surface area contributed by atoms with Gasteiger partial charge in [-0.05, 0) is 24.6 Å². The number of carbonyl (C=O) groups is 1. The van der Waals surface area contributed by atoms with Gasteiger partial charge >= 0.3 is 0 Å². The van der Waals surface area contributed by atoms with Crippen LogP contribution in [0.1, 0.15) is 43.0 Å². The second-order valence-electron chi connectivity index (χ2n) is 4.88. The van der Waals surface area contributed by atoms with Gasteiger partial charge in [0.05, 0.1) is 10.7 Å². The van der Waals surface area contributed by atoms with E-state index in [1.807, 2.05) is 6.07 Å². The lowest BCUT2D eigenvalue weighted by molar-refractivity contribution is 0.0827. The molecule has 0 aliphatic rings. The van der Waals surface area contributed by atoms with Crippen LogP contribution in [0.15, 0.2) is 18.2 Å². The van der Waals surface area contributed by atoms with Gasteiger partial charge in [0, 0.05) is 26.2 Å². The van der Waals surface area contributed by atoms with Gasteiger partial charge in [0.1, 0.15) is 0 Å². The monoisotopic (exact) mass is 282 g/mol. The maximum Gasteiger partial charge on any atom is 0.253 e. The molecule has 3 nitrogen and oxygen atoms in total. The number of amides is 1. The maximum atomic E-state index is 11.9. The lowest BCUT2D eigenvalue weighted by Gasteiger charge is -2.13. The normalized spacial score (nSPS) is 10.3. The van der Waals surface area contributed by atoms with Crippen molar-refractivity contribution in [1.29, 1.82) is 0 Å². The molecule has 0 atom stereocenters.